The van der Waals surface area contributed by atoms with Gasteiger partial charge in [-0.2, -0.15) is 0 Å². The van der Waals surface area contributed by atoms with E-state index in [1.807, 2.05) is 12.1 Å². The zero-order valence-corrected chi connectivity index (χ0v) is 9.56. The number of anilines is 1. The van der Waals surface area contributed by atoms with Crippen molar-refractivity contribution in [3.63, 3.8) is 0 Å². The normalized spacial score (nSPS) is 9.46. The van der Waals surface area contributed by atoms with Gasteiger partial charge >= 0.3 is 0 Å². The van der Waals surface area contributed by atoms with E-state index < -0.39 is 0 Å². The molecule has 1 aromatic carbocycles. The van der Waals surface area contributed by atoms with Crippen LogP contribution in [0.4, 0.5) is 5.69 Å². The van der Waals surface area contributed by atoms with Gasteiger partial charge in [0.15, 0.2) is 0 Å². The Kier molecular flexibility index (Phi) is 4.03. The second-order valence-corrected chi connectivity index (χ2v) is 4.09. The van der Waals surface area contributed by atoms with E-state index in [4.69, 9.17) is 0 Å². The highest BCUT2D eigenvalue weighted by Crippen LogP contribution is 2.15. The summed E-state index contributed by atoms with van der Waals surface area (Å²) in [5.41, 5.74) is 2.48. The first kappa shape index (κ1) is 10.3. The first-order valence-corrected chi connectivity index (χ1v) is 5.10. The van der Waals surface area contributed by atoms with Crippen molar-refractivity contribution >= 4 is 21.6 Å². The van der Waals surface area contributed by atoms with E-state index in [-0.39, 0.29) is 0 Å². The lowest BCUT2D eigenvalue weighted by Crippen LogP contribution is -1.98. The van der Waals surface area contributed by atoms with Crippen molar-refractivity contribution in [1.82, 2.24) is 0 Å². The van der Waals surface area contributed by atoms with Crippen molar-refractivity contribution < 1.29 is 0 Å². The molecule has 13 heavy (non-hydrogen) atoms. The summed E-state index contributed by atoms with van der Waals surface area (Å²) in [4.78, 5) is 0. The highest BCUT2D eigenvalue weighted by Gasteiger charge is 1.90. The molecule has 0 bridgehead atoms. The fourth-order valence-electron chi connectivity index (χ4n) is 0.971. The van der Waals surface area contributed by atoms with Crippen LogP contribution in [0.25, 0.3) is 0 Å². The monoisotopic (exact) mass is 239 g/mol. The van der Waals surface area contributed by atoms with Crippen molar-refractivity contribution in [3.05, 3.63) is 40.4 Å². The van der Waals surface area contributed by atoms with Gasteiger partial charge in [-0.25, -0.2) is 0 Å². The molecule has 0 heterocycles. The Morgan fingerprint density at radius 3 is 2.85 bits per heavy atom. The van der Waals surface area contributed by atoms with Crippen molar-refractivity contribution in [3.8, 4) is 0 Å². The third-order valence-electron chi connectivity index (χ3n) is 1.64. The molecule has 1 N–H and O–H groups in total. The SMILES string of the molecule is CC(C)=CCNc1cccc(Br)c1. The summed E-state index contributed by atoms with van der Waals surface area (Å²) in [5, 5.41) is 3.31. The molecule has 0 aliphatic carbocycles. The maximum absolute atomic E-state index is 3.43. The number of rotatable bonds is 3. The molecule has 0 saturated carbocycles. The molecule has 0 amide bonds. The molecule has 1 nitrogen and oxygen atoms in total. The number of benzene rings is 1. The summed E-state index contributed by atoms with van der Waals surface area (Å²) in [7, 11) is 0. The van der Waals surface area contributed by atoms with E-state index >= 15 is 0 Å². The Morgan fingerprint density at radius 2 is 2.23 bits per heavy atom. The quantitative estimate of drug-likeness (QED) is 0.792. The zero-order chi connectivity index (χ0) is 9.68. The summed E-state index contributed by atoms with van der Waals surface area (Å²) in [6.45, 7) is 5.09. The van der Waals surface area contributed by atoms with E-state index in [2.05, 4.69) is 53.3 Å². The molecular weight excluding hydrogens is 226 g/mol. The molecule has 0 spiro atoms. The Bertz CT molecular complexity index is 301. The molecule has 0 saturated heterocycles. The molecular formula is C11H14BrN. The van der Waals surface area contributed by atoms with Crippen LogP contribution in [-0.2, 0) is 0 Å². The number of hydrogen-bond donors (Lipinski definition) is 1. The zero-order valence-electron chi connectivity index (χ0n) is 7.97. The molecule has 0 aromatic heterocycles. The van der Waals surface area contributed by atoms with Gasteiger partial charge in [0.2, 0.25) is 0 Å². The molecule has 70 valence electrons. The van der Waals surface area contributed by atoms with Gasteiger partial charge in [0, 0.05) is 16.7 Å². The molecule has 0 aliphatic rings. The highest BCUT2D eigenvalue weighted by molar-refractivity contribution is 9.10. The van der Waals surface area contributed by atoms with Crippen LogP contribution < -0.4 is 5.32 Å². The third kappa shape index (κ3) is 4.13. The second-order valence-electron chi connectivity index (χ2n) is 3.17. The summed E-state index contributed by atoms with van der Waals surface area (Å²) >= 11 is 3.43. The fourth-order valence-corrected chi connectivity index (χ4v) is 1.37. The van der Waals surface area contributed by atoms with Crippen LogP contribution >= 0.6 is 15.9 Å². The Labute approximate surface area is 88.0 Å². The highest BCUT2D eigenvalue weighted by atomic mass is 79.9. The van der Waals surface area contributed by atoms with E-state index in [1.54, 1.807) is 0 Å². The van der Waals surface area contributed by atoms with Crippen LogP contribution in [0.15, 0.2) is 40.4 Å². The van der Waals surface area contributed by atoms with E-state index in [9.17, 15) is 0 Å². The molecule has 2 heteroatoms. The number of hydrogen-bond acceptors (Lipinski definition) is 1. The predicted octanol–water partition coefficient (Wildman–Crippen LogP) is 3.83. The molecule has 1 rings (SSSR count). The van der Waals surface area contributed by atoms with Crippen molar-refractivity contribution in [2.45, 2.75) is 13.8 Å². The lowest BCUT2D eigenvalue weighted by molar-refractivity contribution is 1.26. The van der Waals surface area contributed by atoms with Crippen molar-refractivity contribution in [2.24, 2.45) is 0 Å². The molecule has 0 atom stereocenters. The van der Waals surface area contributed by atoms with Crippen LogP contribution in [0.5, 0.6) is 0 Å². The summed E-state index contributed by atoms with van der Waals surface area (Å²) in [6, 6.07) is 8.17. The molecule has 0 unspecified atom stereocenters. The first-order valence-electron chi connectivity index (χ1n) is 4.31. The van der Waals surface area contributed by atoms with Crippen LogP contribution in [0.3, 0.4) is 0 Å². The molecule has 1 aromatic rings. The first-order chi connectivity index (χ1) is 6.18. The molecule has 0 fully saturated rings. The predicted molar refractivity (Wildman–Crippen MR) is 62.1 cm³/mol. The maximum atomic E-state index is 3.43. The Balaban J connectivity index is 2.50. The average Bonchev–Trinajstić information content (AvgIpc) is 2.03. The van der Waals surface area contributed by atoms with Gasteiger partial charge in [0.1, 0.15) is 0 Å². The van der Waals surface area contributed by atoms with E-state index in [0.29, 0.717) is 0 Å². The van der Waals surface area contributed by atoms with Crippen molar-refractivity contribution in [2.75, 3.05) is 11.9 Å². The second kappa shape index (κ2) is 5.07. The van der Waals surface area contributed by atoms with Crippen molar-refractivity contribution in [1.29, 1.82) is 0 Å². The maximum Gasteiger partial charge on any atom is 0.0353 e. The van der Waals surface area contributed by atoms with E-state index in [0.717, 1.165) is 16.7 Å². The minimum atomic E-state index is 0.888. The van der Waals surface area contributed by atoms with Crippen LogP contribution in [0, 0.1) is 0 Å². The lowest BCUT2D eigenvalue weighted by Gasteiger charge is -2.03. The van der Waals surface area contributed by atoms with Gasteiger partial charge in [0.05, 0.1) is 0 Å². The summed E-state index contributed by atoms with van der Waals surface area (Å²) in [6.07, 6.45) is 2.17. The largest absolute Gasteiger partial charge is 0.382 e. The van der Waals surface area contributed by atoms with Gasteiger partial charge in [-0.05, 0) is 32.0 Å². The summed E-state index contributed by atoms with van der Waals surface area (Å²) < 4.78 is 1.11. The fraction of sp³-hybridized carbons (Fsp3) is 0.273. The van der Waals surface area contributed by atoms with Gasteiger partial charge in [-0.15, -0.1) is 0 Å². The van der Waals surface area contributed by atoms with Crippen LogP contribution in [-0.4, -0.2) is 6.54 Å². The minimum Gasteiger partial charge on any atom is -0.382 e. The smallest absolute Gasteiger partial charge is 0.0353 e. The standard InChI is InChI=1S/C11H14BrN/c1-9(2)6-7-13-11-5-3-4-10(12)8-11/h3-6,8,13H,7H2,1-2H3. The molecule has 0 radical (unpaired) electrons. The van der Waals surface area contributed by atoms with Gasteiger partial charge < -0.3 is 5.32 Å². The van der Waals surface area contributed by atoms with Gasteiger partial charge in [-0.1, -0.05) is 33.6 Å². The number of nitrogens with one attached hydrogen (secondary N) is 1. The number of halogens is 1. The van der Waals surface area contributed by atoms with E-state index in [1.165, 1.54) is 5.57 Å². The average molecular weight is 240 g/mol. The number of allylic oxidation sites excluding steroid dienone is 1. The van der Waals surface area contributed by atoms with Crippen LogP contribution in [0.2, 0.25) is 0 Å². The molecule has 0 aliphatic heterocycles. The van der Waals surface area contributed by atoms with Gasteiger partial charge in [0.25, 0.3) is 0 Å². The third-order valence-corrected chi connectivity index (χ3v) is 2.13. The Hall–Kier alpha value is -0.760. The van der Waals surface area contributed by atoms with Crippen LogP contribution in [0.1, 0.15) is 13.8 Å². The summed E-state index contributed by atoms with van der Waals surface area (Å²) in [5.74, 6) is 0. The topological polar surface area (TPSA) is 12.0 Å². The lowest BCUT2D eigenvalue weighted by atomic mass is 10.3. The van der Waals surface area contributed by atoms with Gasteiger partial charge in [-0.3, -0.25) is 0 Å². The minimum absolute atomic E-state index is 0.888. The Morgan fingerprint density at radius 1 is 1.46 bits per heavy atom.